The number of primary amides is 1. The summed E-state index contributed by atoms with van der Waals surface area (Å²) in [5, 5.41) is 17.5. The molecule has 0 bridgehead atoms. The number of rotatable bonds is 2. The summed E-state index contributed by atoms with van der Waals surface area (Å²) in [7, 11) is 0. The zero-order valence-electron chi connectivity index (χ0n) is 10.4. The Morgan fingerprint density at radius 3 is 1.45 bits per heavy atom. The molecule has 0 aliphatic rings. The molecule has 0 aromatic heterocycles. The van der Waals surface area contributed by atoms with Crippen LogP contribution in [0.2, 0.25) is 0 Å². The second kappa shape index (κ2) is 5.55. The van der Waals surface area contributed by atoms with E-state index in [0.29, 0.717) is 22.5 Å². The zero-order chi connectivity index (χ0) is 14.5. The van der Waals surface area contributed by atoms with Gasteiger partial charge >= 0.3 is 6.03 Å². The maximum absolute atomic E-state index is 11.6. The van der Waals surface area contributed by atoms with Gasteiger partial charge < -0.3 is 5.73 Å². The van der Waals surface area contributed by atoms with E-state index in [1.165, 1.54) is 4.90 Å². The van der Waals surface area contributed by atoms with Crippen LogP contribution in [0.4, 0.5) is 16.2 Å². The summed E-state index contributed by atoms with van der Waals surface area (Å²) in [6.45, 7) is 0. The monoisotopic (exact) mass is 262 g/mol. The van der Waals surface area contributed by atoms with E-state index >= 15 is 0 Å². The molecule has 2 rings (SSSR count). The van der Waals surface area contributed by atoms with Gasteiger partial charge in [0.15, 0.2) is 0 Å². The number of benzene rings is 2. The fourth-order valence-electron chi connectivity index (χ4n) is 1.77. The molecule has 0 fully saturated rings. The summed E-state index contributed by atoms with van der Waals surface area (Å²) >= 11 is 0. The number of anilines is 2. The average Bonchev–Trinajstić information content (AvgIpc) is 2.48. The third kappa shape index (κ3) is 2.58. The maximum Gasteiger partial charge on any atom is 0.323 e. The van der Waals surface area contributed by atoms with Gasteiger partial charge in [0, 0.05) is 0 Å². The second-order valence-electron chi connectivity index (χ2n) is 3.99. The number of nitriles is 2. The highest BCUT2D eigenvalue weighted by Gasteiger charge is 2.14. The molecule has 2 aromatic rings. The summed E-state index contributed by atoms with van der Waals surface area (Å²) in [6.07, 6.45) is 0. The van der Waals surface area contributed by atoms with Gasteiger partial charge in [0.2, 0.25) is 0 Å². The molecule has 0 saturated carbocycles. The van der Waals surface area contributed by atoms with Gasteiger partial charge in [-0.1, -0.05) is 0 Å². The van der Waals surface area contributed by atoms with Gasteiger partial charge in [0.05, 0.1) is 34.6 Å². The number of carbonyl (C=O) groups excluding carboxylic acids is 1. The molecule has 0 spiro atoms. The predicted octanol–water partition coefficient (Wildman–Crippen LogP) is 2.65. The number of nitrogens with two attached hydrogens (primary N) is 1. The van der Waals surface area contributed by atoms with Crippen molar-refractivity contribution in [2.45, 2.75) is 0 Å². The lowest BCUT2D eigenvalue weighted by Gasteiger charge is -2.20. The van der Waals surface area contributed by atoms with E-state index in [4.69, 9.17) is 16.3 Å². The number of hydrogen-bond acceptors (Lipinski definition) is 3. The molecule has 5 nitrogen and oxygen atoms in total. The molecule has 2 N–H and O–H groups in total. The van der Waals surface area contributed by atoms with Crippen molar-refractivity contribution >= 4 is 17.4 Å². The smallest absolute Gasteiger partial charge is 0.323 e. The first-order chi connectivity index (χ1) is 9.65. The Kier molecular flexibility index (Phi) is 3.65. The highest BCUT2D eigenvalue weighted by atomic mass is 16.2. The quantitative estimate of drug-likeness (QED) is 0.901. The normalized spacial score (nSPS) is 9.30. The molecule has 0 unspecified atom stereocenters. The molecule has 0 aliphatic heterocycles. The number of urea groups is 1. The minimum absolute atomic E-state index is 0.498. The molecule has 5 heteroatoms. The van der Waals surface area contributed by atoms with Crippen molar-refractivity contribution in [1.29, 1.82) is 10.5 Å². The topological polar surface area (TPSA) is 93.9 Å². The van der Waals surface area contributed by atoms with E-state index in [2.05, 4.69) is 0 Å². The molecule has 96 valence electrons. The minimum atomic E-state index is -0.639. The van der Waals surface area contributed by atoms with Crippen molar-refractivity contribution in [3.8, 4) is 12.1 Å². The first-order valence-electron chi connectivity index (χ1n) is 5.75. The van der Waals surface area contributed by atoms with E-state index in [1.807, 2.05) is 12.1 Å². The van der Waals surface area contributed by atoms with Crippen LogP contribution in [0, 0.1) is 22.7 Å². The van der Waals surface area contributed by atoms with Crippen molar-refractivity contribution in [2.75, 3.05) is 4.90 Å². The van der Waals surface area contributed by atoms with Gasteiger partial charge in [-0.15, -0.1) is 0 Å². The van der Waals surface area contributed by atoms with Gasteiger partial charge in [-0.2, -0.15) is 10.5 Å². The Balaban J connectivity index is 2.42. The summed E-state index contributed by atoms with van der Waals surface area (Å²) in [6, 6.07) is 16.4. The fourth-order valence-corrected chi connectivity index (χ4v) is 1.77. The lowest BCUT2D eigenvalue weighted by molar-refractivity contribution is 0.256. The number of carbonyl (C=O) groups is 1. The first kappa shape index (κ1) is 13.1. The minimum Gasteiger partial charge on any atom is -0.351 e. The second-order valence-corrected chi connectivity index (χ2v) is 3.99. The van der Waals surface area contributed by atoms with E-state index in [0.717, 1.165) is 0 Å². The van der Waals surface area contributed by atoms with Crippen LogP contribution in [0.5, 0.6) is 0 Å². The van der Waals surface area contributed by atoms with Crippen LogP contribution >= 0.6 is 0 Å². The van der Waals surface area contributed by atoms with E-state index < -0.39 is 6.03 Å². The highest BCUT2D eigenvalue weighted by molar-refractivity contribution is 5.98. The Morgan fingerprint density at radius 2 is 1.20 bits per heavy atom. The molecule has 0 aliphatic carbocycles. The first-order valence-corrected chi connectivity index (χ1v) is 5.75. The van der Waals surface area contributed by atoms with Crippen LogP contribution in [0.1, 0.15) is 11.1 Å². The fraction of sp³-hybridized carbons (Fsp3) is 0. The Bertz CT molecular complexity index is 648. The van der Waals surface area contributed by atoms with Crippen LogP contribution in [0.15, 0.2) is 48.5 Å². The molecule has 20 heavy (non-hydrogen) atoms. The van der Waals surface area contributed by atoms with Crippen LogP contribution in [-0.2, 0) is 0 Å². The van der Waals surface area contributed by atoms with Gasteiger partial charge in [0.25, 0.3) is 0 Å². The summed E-state index contributed by atoms with van der Waals surface area (Å²) in [5.41, 5.74) is 7.51. The average molecular weight is 262 g/mol. The summed E-state index contributed by atoms with van der Waals surface area (Å²) < 4.78 is 0. The van der Waals surface area contributed by atoms with Crippen molar-refractivity contribution < 1.29 is 4.79 Å². The summed E-state index contributed by atoms with van der Waals surface area (Å²) in [5.74, 6) is 0. The molecule has 2 amide bonds. The van der Waals surface area contributed by atoms with Crippen molar-refractivity contribution in [1.82, 2.24) is 0 Å². The van der Waals surface area contributed by atoms with Crippen molar-refractivity contribution in [3.63, 3.8) is 0 Å². The predicted molar refractivity (Wildman–Crippen MR) is 74.0 cm³/mol. The number of amides is 2. The van der Waals surface area contributed by atoms with E-state index in [1.54, 1.807) is 48.5 Å². The van der Waals surface area contributed by atoms with Crippen LogP contribution in [0.3, 0.4) is 0 Å². The van der Waals surface area contributed by atoms with E-state index in [-0.39, 0.29) is 0 Å². The van der Waals surface area contributed by atoms with Crippen LogP contribution in [-0.4, -0.2) is 6.03 Å². The van der Waals surface area contributed by atoms with Crippen molar-refractivity contribution in [2.24, 2.45) is 5.73 Å². The SMILES string of the molecule is N#Cc1ccc(N(C(N)=O)c2ccc(C#N)cc2)cc1. The molecule has 0 radical (unpaired) electrons. The molecule has 2 aromatic carbocycles. The largest absolute Gasteiger partial charge is 0.351 e. The highest BCUT2D eigenvalue weighted by Crippen LogP contribution is 2.25. The van der Waals surface area contributed by atoms with Crippen molar-refractivity contribution in [3.05, 3.63) is 59.7 Å². The van der Waals surface area contributed by atoms with Gasteiger partial charge in [-0.05, 0) is 48.5 Å². The van der Waals surface area contributed by atoms with Gasteiger partial charge in [-0.25, -0.2) is 4.79 Å². The Morgan fingerprint density at radius 1 is 0.850 bits per heavy atom. The molecular formula is C15H10N4O. The summed E-state index contributed by atoms with van der Waals surface area (Å²) in [4.78, 5) is 12.9. The van der Waals surface area contributed by atoms with Crippen LogP contribution in [0.25, 0.3) is 0 Å². The lowest BCUT2D eigenvalue weighted by atomic mass is 10.1. The molecular weight excluding hydrogens is 252 g/mol. The molecule has 0 atom stereocenters. The van der Waals surface area contributed by atoms with Gasteiger partial charge in [0.1, 0.15) is 0 Å². The standard InChI is InChI=1S/C15H10N4O/c16-9-11-1-5-13(6-2-11)19(15(18)20)14-7-3-12(10-17)4-8-14/h1-8H,(H2,18,20). The number of hydrogen-bond donors (Lipinski definition) is 1. The lowest BCUT2D eigenvalue weighted by Crippen LogP contribution is -2.31. The third-order valence-corrected chi connectivity index (χ3v) is 2.73. The Hall–Kier alpha value is -3.31. The Labute approximate surface area is 116 Å². The van der Waals surface area contributed by atoms with Crippen LogP contribution < -0.4 is 10.6 Å². The molecule has 0 heterocycles. The number of nitrogens with zero attached hydrogens (tertiary/aromatic N) is 3. The molecule has 0 saturated heterocycles. The maximum atomic E-state index is 11.6. The van der Waals surface area contributed by atoms with Gasteiger partial charge in [-0.3, -0.25) is 4.90 Å². The third-order valence-electron chi connectivity index (χ3n) is 2.73. The zero-order valence-corrected chi connectivity index (χ0v) is 10.4. The van der Waals surface area contributed by atoms with E-state index in [9.17, 15) is 4.79 Å².